The number of hydrogen-bond donors (Lipinski definition) is 8. The van der Waals surface area contributed by atoms with Gasteiger partial charge in [0.05, 0.1) is 16.4 Å². The van der Waals surface area contributed by atoms with E-state index >= 15 is 0 Å². The summed E-state index contributed by atoms with van der Waals surface area (Å²) in [5, 5.41) is 11.4. The lowest BCUT2D eigenvalue weighted by Crippen LogP contribution is -2.17. The van der Waals surface area contributed by atoms with Crippen LogP contribution in [-0.2, 0) is 53.3 Å². The predicted molar refractivity (Wildman–Crippen MR) is 236 cm³/mol. The third-order valence-electron chi connectivity index (χ3n) is 8.61. The number of benzene rings is 4. The van der Waals surface area contributed by atoms with Gasteiger partial charge in [-0.3, -0.25) is 18.2 Å². The van der Waals surface area contributed by atoms with Gasteiger partial charge < -0.3 is 21.3 Å². The Labute approximate surface area is 367 Å². The molecule has 336 valence electrons. The van der Waals surface area contributed by atoms with Crippen molar-refractivity contribution >= 4 is 87.8 Å². The summed E-state index contributed by atoms with van der Waals surface area (Å²) < 4.78 is 131. The maximum Gasteiger partial charge on any atom is 0.295 e. The van der Waals surface area contributed by atoms with E-state index in [0.717, 1.165) is 5.56 Å². The van der Waals surface area contributed by atoms with Crippen LogP contribution in [0.2, 0.25) is 0 Å². The van der Waals surface area contributed by atoms with Crippen molar-refractivity contribution in [3.63, 3.8) is 0 Å². The van der Waals surface area contributed by atoms with Crippen LogP contribution in [0.15, 0.2) is 107 Å². The normalized spacial score (nSPS) is 12.2. The van der Waals surface area contributed by atoms with Crippen LogP contribution >= 0.6 is 0 Å². The molecule has 4 aromatic carbocycles. The van der Waals surface area contributed by atoms with Gasteiger partial charge in [0.1, 0.15) is 16.5 Å². The zero-order chi connectivity index (χ0) is 46.1. The minimum Gasteiger partial charge on any atom is -0.353 e. The highest BCUT2D eigenvalue weighted by Gasteiger charge is 2.17. The van der Waals surface area contributed by atoms with Gasteiger partial charge >= 0.3 is 0 Å². The lowest BCUT2D eigenvalue weighted by atomic mass is 10.1. The molecule has 0 bridgehead atoms. The summed E-state index contributed by atoms with van der Waals surface area (Å²) in [4.78, 5) is 25.2. The fourth-order valence-electron chi connectivity index (χ4n) is 5.69. The average Bonchev–Trinajstić information content (AvgIpc) is 3.20. The van der Waals surface area contributed by atoms with Gasteiger partial charge in [0.25, 0.3) is 40.5 Å². The minimum absolute atomic E-state index is 0.0133. The van der Waals surface area contributed by atoms with E-state index in [0.29, 0.717) is 16.8 Å². The summed E-state index contributed by atoms with van der Waals surface area (Å²) >= 11 is 0. The third kappa shape index (κ3) is 14.8. The van der Waals surface area contributed by atoms with Crippen molar-refractivity contribution in [1.82, 2.24) is 29.9 Å². The molecule has 0 aliphatic rings. The van der Waals surface area contributed by atoms with Crippen LogP contribution in [0, 0.1) is 0 Å². The molecule has 0 saturated heterocycles. The van der Waals surface area contributed by atoms with Crippen molar-refractivity contribution in [2.45, 2.75) is 22.6 Å². The first-order valence-corrected chi connectivity index (χ1v) is 24.7. The maximum absolute atomic E-state index is 12.6. The van der Waals surface area contributed by atoms with Gasteiger partial charge in [-0.1, -0.05) is 72.8 Å². The number of hydrogen-bond acceptors (Lipinski definition) is 18. The fourth-order valence-corrected chi connectivity index (χ4v) is 7.60. The van der Waals surface area contributed by atoms with Crippen LogP contribution in [0.25, 0.3) is 12.2 Å². The van der Waals surface area contributed by atoms with E-state index in [1.165, 1.54) is 48.5 Å². The molecule has 0 fully saturated rings. The van der Waals surface area contributed by atoms with Crippen LogP contribution in [0.3, 0.4) is 0 Å². The second-order valence-electron chi connectivity index (χ2n) is 13.6. The van der Waals surface area contributed by atoms with Crippen molar-refractivity contribution in [3.05, 3.63) is 131 Å². The highest BCUT2D eigenvalue weighted by atomic mass is 32.2. The Bertz CT molecular complexity index is 3110. The summed E-state index contributed by atoms with van der Waals surface area (Å²) in [6.07, 6.45) is 3.41. The minimum atomic E-state index is -4.77. The van der Waals surface area contributed by atoms with E-state index < -0.39 is 56.9 Å². The monoisotopic (exact) mass is 954 g/mol. The van der Waals surface area contributed by atoms with Gasteiger partial charge in [0.15, 0.2) is 0 Å². The number of aromatic nitrogens is 6. The second kappa shape index (κ2) is 19.9. The molecule has 2 aromatic heterocycles. The highest BCUT2D eigenvalue weighted by molar-refractivity contribution is 7.86. The highest BCUT2D eigenvalue weighted by Crippen LogP contribution is 2.26. The molecular weight excluding hydrogens is 917 g/mol. The molecule has 22 nitrogen and oxygen atoms in total. The Morgan fingerprint density at radius 3 is 1.47 bits per heavy atom. The molecule has 0 aliphatic heterocycles. The largest absolute Gasteiger partial charge is 0.353 e. The maximum atomic E-state index is 12.6. The zero-order valence-corrected chi connectivity index (χ0v) is 36.3. The van der Waals surface area contributed by atoms with Crippen molar-refractivity contribution in [2.24, 2.45) is 0 Å². The molecule has 8 N–H and O–H groups in total. The Kier molecular flexibility index (Phi) is 14.6. The van der Waals surface area contributed by atoms with E-state index in [9.17, 15) is 42.8 Å². The van der Waals surface area contributed by atoms with Crippen LogP contribution in [-0.4, -0.2) is 106 Å². The number of nitrogens with one attached hydrogen (secondary N) is 4. The Balaban J connectivity index is 1.19. The fraction of sp³-hybridized carbons (Fsp3) is 0.158. The van der Waals surface area contributed by atoms with E-state index in [1.54, 1.807) is 30.3 Å². The van der Waals surface area contributed by atoms with Crippen molar-refractivity contribution < 1.29 is 51.9 Å². The molecule has 0 aliphatic carbocycles. The number of anilines is 6. The molecule has 0 spiro atoms. The van der Waals surface area contributed by atoms with Crippen LogP contribution in [0.1, 0.15) is 33.9 Å². The summed E-state index contributed by atoms with van der Waals surface area (Å²) in [5.41, 5.74) is 2.84. The predicted octanol–water partition coefficient (Wildman–Crippen LogP) is 3.99. The Hall–Kier alpha value is -6.52. The van der Waals surface area contributed by atoms with E-state index in [-0.39, 0.29) is 77.5 Å². The standard InChI is InChI=1S/C38H38N10O12S4/c49-61(50,51)20-18-39-35-44-34(23-27-9-16-31(17-10-27)63(55,56)57)45-37(47-35)41-29-13-7-25(8-14-29)6-11-28-12-15-30(24-32(28)64(58,59)60)42-38-46-33(22-26-4-2-1-3-5-26)43-36(48-38)40-19-21-62(52,53)54/h1-17,24H,18-23H2,(H,49,50,51)(H,52,53,54)(H,55,56,57)(H,58,59,60)(H2,39,41,44,45,47)(H2,40,42,43,46,48)/b11-6+. The zero-order valence-electron chi connectivity index (χ0n) is 33.0. The van der Waals surface area contributed by atoms with E-state index in [4.69, 9.17) is 9.11 Å². The van der Waals surface area contributed by atoms with Crippen LogP contribution in [0.4, 0.5) is 35.2 Å². The molecule has 0 atom stereocenters. The molecule has 6 rings (SSSR count). The van der Waals surface area contributed by atoms with Gasteiger partial charge in [-0.2, -0.15) is 63.6 Å². The molecule has 0 saturated carbocycles. The van der Waals surface area contributed by atoms with Crippen molar-refractivity contribution in [1.29, 1.82) is 0 Å². The van der Waals surface area contributed by atoms with Crippen LogP contribution in [0.5, 0.6) is 0 Å². The topological polar surface area (TPSA) is 343 Å². The van der Waals surface area contributed by atoms with E-state index in [1.807, 2.05) is 30.3 Å². The summed E-state index contributed by atoms with van der Waals surface area (Å²) in [7, 11) is -17.8. The summed E-state index contributed by atoms with van der Waals surface area (Å²) in [6.45, 7) is -0.450. The number of nitrogens with zero attached hydrogens (tertiary/aromatic N) is 6. The molecule has 64 heavy (non-hydrogen) atoms. The summed E-state index contributed by atoms with van der Waals surface area (Å²) in [6, 6.07) is 25.4. The van der Waals surface area contributed by atoms with Crippen molar-refractivity contribution in [3.8, 4) is 0 Å². The smallest absolute Gasteiger partial charge is 0.295 e. The molecule has 26 heteroatoms. The first kappa shape index (κ1) is 47.0. The molecule has 0 unspecified atom stereocenters. The van der Waals surface area contributed by atoms with E-state index in [2.05, 4.69) is 51.2 Å². The van der Waals surface area contributed by atoms with Gasteiger partial charge in [-0.25, -0.2) is 0 Å². The number of rotatable bonds is 20. The Morgan fingerprint density at radius 2 is 0.969 bits per heavy atom. The average molecular weight is 955 g/mol. The first-order valence-electron chi connectivity index (χ1n) is 18.6. The summed E-state index contributed by atoms with van der Waals surface area (Å²) in [5.74, 6) is -0.794. The lowest BCUT2D eigenvalue weighted by molar-refractivity contribution is 0.481. The lowest BCUT2D eigenvalue weighted by Gasteiger charge is -2.12. The first-order chi connectivity index (χ1) is 30.1. The van der Waals surface area contributed by atoms with Gasteiger partial charge in [0, 0.05) is 37.3 Å². The van der Waals surface area contributed by atoms with Gasteiger partial charge in [-0.05, 0) is 58.7 Å². The quantitative estimate of drug-likeness (QED) is 0.0396. The molecule has 0 amide bonds. The van der Waals surface area contributed by atoms with Gasteiger partial charge in [-0.15, -0.1) is 0 Å². The Morgan fingerprint density at radius 1 is 0.484 bits per heavy atom. The van der Waals surface area contributed by atoms with Crippen molar-refractivity contribution in [2.75, 3.05) is 45.9 Å². The second-order valence-corrected chi connectivity index (χ2v) is 19.6. The molecule has 0 radical (unpaired) electrons. The SMILES string of the molecule is O=S(=O)(O)CCNc1nc(Cc2ccc(S(=O)(=O)O)cc2)nc(Nc2ccc(/C=C/c3ccc(Nc4nc(Cc5ccccc5)nc(NCCS(=O)(=O)O)n4)cc3S(=O)(=O)O)cc2)n1. The molecule has 6 aromatic rings. The van der Waals surface area contributed by atoms with Crippen LogP contribution < -0.4 is 21.3 Å². The third-order valence-corrected chi connectivity index (χ3v) is 11.8. The molecular formula is C38H38N10O12S4. The molecule has 2 heterocycles. The van der Waals surface area contributed by atoms with Gasteiger partial charge in [0.2, 0.25) is 23.8 Å².